The molecule has 2 heterocycles. The number of alkyl halides is 3. The zero-order valence-corrected chi connectivity index (χ0v) is 10.3. The minimum atomic E-state index is -4.40. The predicted molar refractivity (Wildman–Crippen MR) is 63.2 cm³/mol. The molecule has 2 N–H and O–H groups in total. The number of pyridine rings is 1. The van der Waals surface area contributed by atoms with Crippen LogP contribution in [-0.2, 0) is 6.18 Å². The number of hydrogen-bond donors (Lipinski definition) is 1. The molecule has 3 nitrogen and oxygen atoms in total. The van der Waals surface area contributed by atoms with E-state index in [1.807, 2.05) is 13.8 Å². The van der Waals surface area contributed by atoms with Crippen molar-refractivity contribution in [1.29, 1.82) is 0 Å². The number of nitrogens with two attached hydrogens (primary N) is 1. The summed E-state index contributed by atoms with van der Waals surface area (Å²) in [6, 6.07) is 3.92. The molecule has 0 radical (unpaired) electrons. The first kappa shape index (κ1) is 13.1. The van der Waals surface area contributed by atoms with Crippen LogP contribution >= 0.6 is 0 Å². The molecule has 0 bridgehead atoms. The Morgan fingerprint density at radius 1 is 1.33 bits per heavy atom. The minimum absolute atomic E-state index is 0.291. The highest BCUT2D eigenvalue weighted by Gasteiger charge is 2.43. The molecule has 0 aromatic carbocycles. The fraction of sp³-hybridized carbons (Fsp3) is 0.583. The van der Waals surface area contributed by atoms with Gasteiger partial charge < -0.3 is 10.6 Å². The Bertz CT molecular complexity index is 436. The average molecular weight is 259 g/mol. The summed E-state index contributed by atoms with van der Waals surface area (Å²) in [5.74, 6) is 0.631. The Morgan fingerprint density at radius 2 is 1.94 bits per heavy atom. The van der Waals surface area contributed by atoms with Gasteiger partial charge in [-0.3, -0.25) is 0 Å². The third kappa shape index (κ3) is 2.29. The number of aromatic nitrogens is 1. The third-order valence-electron chi connectivity index (χ3n) is 3.47. The molecule has 0 amide bonds. The Hall–Kier alpha value is -1.30. The van der Waals surface area contributed by atoms with Gasteiger partial charge in [-0.2, -0.15) is 13.2 Å². The van der Waals surface area contributed by atoms with Gasteiger partial charge in [0, 0.05) is 13.1 Å². The van der Waals surface area contributed by atoms with Crippen molar-refractivity contribution in [3.05, 3.63) is 23.9 Å². The molecule has 1 aliphatic rings. The lowest BCUT2D eigenvalue weighted by Crippen LogP contribution is -2.70. The fourth-order valence-electron chi connectivity index (χ4n) is 1.95. The van der Waals surface area contributed by atoms with Gasteiger partial charge in [0.25, 0.3) is 0 Å². The molecule has 1 aliphatic heterocycles. The molecule has 18 heavy (non-hydrogen) atoms. The predicted octanol–water partition coefficient (Wildman–Crippen LogP) is 2.27. The van der Waals surface area contributed by atoms with Gasteiger partial charge in [-0.25, -0.2) is 4.98 Å². The van der Waals surface area contributed by atoms with Crippen LogP contribution in [0, 0.1) is 5.92 Å². The van der Waals surface area contributed by atoms with Crippen molar-refractivity contribution in [2.75, 3.05) is 18.0 Å². The second-order valence-electron chi connectivity index (χ2n) is 5.12. The smallest absolute Gasteiger partial charge is 0.353 e. The number of anilines is 1. The van der Waals surface area contributed by atoms with Gasteiger partial charge in [0.15, 0.2) is 0 Å². The highest BCUT2D eigenvalue weighted by Crippen LogP contribution is 2.33. The van der Waals surface area contributed by atoms with E-state index in [0.717, 1.165) is 6.07 Å². The molecule has 6 heteroatoms. The summed E-state index contributed by atoms with van der Waals surface area (Å²) in [4.78, 5) is 5.41. The van der Waals surface area contributed by atoms with Crippen LogP contribution in [0.15, 0.2) is 18.2 Å². The number of nitrogens with zero attached hydrogens (tertiary/aromatic N) is 2. The molecule has 1 fully saturated rings. The highest BCUT2D eigenvalue weighted by molar-refractivity contribution is 5.45. The van der Waals surface area contributed by atoms with Crippen LogP contribution in [-0.4, -0.2) is 23.6 Å². The summed E-state index contributed by atoms with van der Waals surface area (Å²) in [6.45, 7) is 5.10. The van der Waals surface area contributed by atoms with Crippen molar-refractivity contribution in [2.45, 2.75) is 25.6 Å². The summed E-state index contributed by atoms with van der Waals surface area (Å²) >= 11 is 0. The van der Waals surface area contributed by atoms with Gasteiger partial charge in [0.1, 0.15) is 11.5 Å². The van der Waals surface area contributed by atoms with Gasteiger partial charge in [-0.05, 0) is 18.1 Å². The lowest BCUT2D eigenvalue weighted by molar-refractivity contribution is -0.141. The number of halogens is 3. The van der Waals surface area contributed by atoms with E-state index < -0.39 is 11.9 Å². The number of hydrogen-bond acceptors (Lipinski definition) is 3. The first-order valence-corrected chi connectivity index (χ1v) is 5.80. The minimum Gasteiger partial charge on any atom is -0.353 e. The van der Waals surface area contributed by atoms with E-state index in [9.17, 15) is 13.2 Å². The van der Waals surface area contributed by atoms with Gasteiger partial charge in [0.05, 0.1) is 5.54 Å². The van der Waals surface area contributed by atoms with Crippen LogP contribution in [0.4, 0.5) is 19.0 Å². The largest absolute Gasteiger partial charge is 0.433 e. The third-order valence-corrected chi connectivity index (χ3v) is 3.47. The molecule has 2 rings (SSSR count). The van der Waals surface area contributed by atoms with E-state index in [0.29, 0.717) is 24.8 Å². The van der Waals surface area contributed by atoms with Crippen molar-refractivity contribution in [3.8, 4) is 0 Å². The second kappa shape index (κ2) is 4.12. The SMILES string of the molecule is CC(C)C1(N)CN(c2cccc(C(F)(F)F)n2)C1. The van der Waals surface area contributed by atoms with E-state index in [1.54, 1.807) is 11.0 Å². The monoisotopic (exact) mass is 259 g/mol. The quantitative estimate of drug-likeness (QED) is 0.886. The lowest BCUT2D eigenvalue weighted by atomic mass is 9.80. The van der Waals surface area contributed by atoms with Crippen LogP contribution < -0.4 is 10.6 Å². The normalized spacial score (nSPS) is 18.9. The summed E-state index contributed by atoms with van der Waals surface area (Å²) < 4.78 is 37.6. The Labute approximate surface area is 104 Å². The zero-order chi connectivity index (χ0) is 13.6. The zero-order valence-electron chi connectivity index (χ0n) is 10.3. The Morgan fingerprint density at radius 3 is 2.44 bits per heavy atom. The van der Waals surface area contributed by atoms with E-state index in [4.69, 9.17) is 5.73 Å². The Balaban J connectivity index is 2.13. The first-order valence-electron chi connectivity index (χ1n) is 5.80. The molecule has 1 aromatic heterocycles. The second-order valence-corrected chi connectivity index (χ2v) is 5.12. The maximum Gasteiger partial charge on any atom is 0.433 e. The average Bonchev–Trinajstić information content (AvgIpc) is 2.23. The van der Waals surface area contributed by atoms with Crippen molar-refractivity contribution in [3.63, 3.8) is 0 Å². The first-order chi connectivity index (χ1) is 8.22. The van der Waals surface area contributed by atoms with Crippen molar-refractivity contribution in [1.82, 2.24) is 4.98 Å². The molecular formula is C12H16F3N3. The van der Waals surface area contributed by atoms with E-state index in [2.05, 4.69) is 4.98 Å². The van der Waals surface area contributed by atoms with E-state index >= 15 is 0 Å². The van der Waals surface area contributed by atoms with Crippen LogP contribution in [0.5, 0.6) is 0 Å². The van der Waals surface area contributed by atoms with Gasteiger partial charge in [-0.15, -0.1) is 0 Å². The molecule has 0 atom stereocenters. The summed E-state index contributed by atoms with van der Waals surface area (Å²) in [7, 11) is 0. The molecule has 0 aliphatic carbocycles. The van der Waals surface area contributed by atoms with Crippen molar-refractivity contribution in [2.24, 2.45) is 11.7 Å². The standard InChI is InChI=1S/C12H16F3N3/c1-8(2)11(16)6-18(7-11)10-5-3-4-9(17-10)12(13,14)15/h3-5,8H,6-7,16H2,1-2H3. The lowest BCUT2D eigenvalue weighted by Gasteiger charge is -2.51. The van der Waals surface area contributed by atoms with Crippen LogP contribution in [0.2, 0.25) is 0 Å². The van der Waals surface area contributed by atoms with Gasteiger partial charge in [0.2, 0.25) is 0 Å². The highest BCUT2D eigenvalue weighted by atomic mass is 19.4. The molecule has 0 saturated carbocycles. The maximum atomic E-state index is 12.5. The number of rotatable bonds is 2. The summed E-state index contributed by atoms with van der Waals surface area (Å²) in [5, 5.41) is 0. The van der Waals surface area contributed by atoms with Crippen molar-refractivity contribution >= 4 is 5.82 Å². The van der Waals surface area contributed by atoms with Gasteiger partial charge in [-0.1, -0.05) is 19.9 Å². The molecule has 100 valence electrons. The fourth-order valence-corrected chi connectivity index (χ4v) is 1.95. The summed E-state index contributed by atoms with van der Waals surface area (Å²) in [5.41, 5.74) is 4.92. The molecule has 1 saturated heterocycles. The van der Waals surface area contributed by atoms with Crippen LogP contribution in [0.1, 0.15) is 19.5 Å². The molecule has 0 unspecified atom stereocenters. The topological polar surface area (TPSA) is 42.1 Å². The molecule has 1 aromatic rings. The Kier molecular flexibility index (Phi) is 3.01. The van der Waals surface area contributed by atoms with Gasteiger partial charge >= 0.3 is 6.18 Å². The van der Waals surface area contributed by atoms with Crippen LogP contribution in [0.25, 0.3) is 0 Å². The maximum absolute atomic E-state index is 12.5. The molecular weight excluding hydrogens is 243 g/mol. The summed E-state index contributed by atoms with van der Waals surface area (Å²) in [6.07, 6.45) is -4.40. The molecule has 0 spiro atoms. The van der Waals surface area contributed by atoms with E-state index in [1.165, 1.54) is 6.07 Å². The van der Waals surface area contributed by atoms with Crippen molar-refractivity contribution < 1.29 is 13.2 Å². The van der Waals surface area contributed by atoms with Crippen LogP contribution in [0.3, 0.4) is 0 Å². The van der Waals surface area contributed by atoms with E-state index in [-0.39, 0.29) is 5.54 Å².